The first kappa shape index (κ1) is 15.2. The molecule has 2 aromatic carbocycles. The highest BCUT2D eigenvalue weighted by Crippen LogP contribution is 2.24. The number of rotatable bonds is 4. The summed E-state index contributed by atoms with van der Waals surface area (Å²) in [6.45, 7) is 2.12. The molecule has 0 aliphatic heterocycles. The molecule has 0 unspecified atom stereocenters. The Morgan fingerprint density at radius 1 is 1.13 bits per heavy atom. The third kappa shape index (κ3) is 3.07. The molecule has 0 aliphatic carbocycles. The van der Waals surface area contributed by atoms with Crippen LogP contribution in [0, 0.1) is 15.5 Å². The molecule has 0 bridgehead atoms. The van der Waals surface area contributed by atoms with E-state index in [0.29, 0.717) is 4.80 Å². The molecule has 6 heteroatoms. The Morgan fingerprint density at radius 3 is 2.35 bits per heavy atom. The molecule has 0 fully saturated rings. The third-order valence-corrected chi connectivity index (χ3v) is 4.61. The first-order valence-corrected chi connectivity index (χ1v) is 8.01. The monoisotopic (exact) mass is 325 g/mol. The SMILES string of the molecule is CCc1ccc(-c2cn(-c3ccc([N+](=O)[O-])cc3)c(=N)s2)cc1. The van der Waals surface area contributed by atoms with Crippen LogP contribution in [0.3, 0.4) is 0 Å². The maximum absolute atomic E-state index is 10.7. The van der Waals surface area contributed by atoms with Crippen molar-refractivity contribution in [1.29, 1.82) is 5.41 Å². The van der Waals surface area contributed by atoms with Crippen LogP contribution in [0.1, 0.15) is 12.5 Å². The lowest BCUT2D eigenvalue weighted by atomic mass is 10.1. The number of aromatic nitrogens is 1. The molecule has 5 nitrogen and oxygen atoms in total. The van der Waals surface area contributed by atoms with Crippen molar-refractivity contribution < 1.29 is 4.92 Å². The van der Waals surface area contributed by atoms with Crippen LogP contribution < -0.4 is 4.80 Å². The summed E-state index contributed by atoms with van der Waals surface area (Å²) in [6, 6.07) is 14.5. The quantitative estimate of drug-likeness (QED) is 0.578. The zero-order valence-electron chi connectivity index (χ0n) is 12.5. The molecule has 0 spiro atoms. The van der Waals surface area contributed by atoms with Gasteiger partial charge in [0.1, 0.15) is 0 Å². The number of non-ortho nitro benzene ring substituents is 1. The summed E-state index contributed by atoms with van der Waals surface area (Å²) < 4.78 is 1.73. The van der Waals surface area contributed by atoms with E-state index >= 15 is 0 Å². The maximum Gasteiger partial charge on any atom is 0.269 e. The molecule has 3 rings (SSSR count). The minimum Gasteiger partial charge on any atom is -0.292 e. The predicted molar refractivity (Wildman–Crippen MR) is 91.0 cm³/mol. The van der Waals surface area contributed by atoms with Crippen molar-refractivity contribution in [3.63, 3.8) is 0 Å². The van der Waals surface area contributed by atoms with Gasteiger partial charge in [-0.05, 0) is 29.7 Å². The van der Waals surface area contributed by atoms with E-state index < -0.39 is 4.92 Å². The number of nitro benzene ring substituents is 1. The summed E-state index contributed by atoms with van der Waals surface area (Å²) >= 11 is 1.38. The van der Waals surface area contributed by atoms with Gasteiger partial charge in [0, 0.05) is 24.0 Å². The van der Waals surface area contributed by atoms with E-state index in [0.717, 1.165) is 22.5 Å². The minimum absolute atomic E-state index is 0.0477. The lowest BCUT2D eigenvalue weighted by Gasteiger charge is -2.02. The second-order valence-electron chi connectivity index (χ2n) is 5.09. The fraction of sp³-hybridized carbons (Fsp3) is 0.118. The minimum atomic E-state index is -0.426. The number of hydrogen-bond acceptors (Lipinski definition) is 4. The molecule has 0 radical (unpaired) electrons. The molecule has 116 valence electrons. The molecule has 3 aromatic rings. The van der Waals surface area contributed by atoms with Crippen LogP contribution in [0.2, 0.25) is 0 Å². The van der Waals surface area contributed by atoms with Crippen molar-refractivity contribution >= 4 is 17.0 Å². The standard InChI is InChI=1S/C17H15N3O2S/c1-2-12-3-5-13(6-4-12)16-11-19(17(18)23-16)14-7-9-15(10-8-14)20(21)22/h3-11,18H,2H2,1H3. The van der Waals surface area contributed by atoms with Crippen LogP contribution in [0.5, 0.6) is 0 Å². The van der Waals surface area contributed by atoms with Gasteiger partial charge in [-0.1, -0.05) is 42.5 Å². The van der Waals surface area contributed by atoms with E-state index in [-0.39, 0.29) is 5.69 Å². The Bertz CT molecular complexity index is 893. The Morgan fingerprint density at radius 2 is 1.78 bits per heavy atom. The van der Waals surface area contributed by atoms with Gasteiger partial charge in [-0.15, -0.1) is 0 Å². The maximum atomic E-state index is 10.7. The Kier molecular flexibility index (Phi) is 4.08. The normalized spacial score (nSPS) is 10.7. The number of hydrogen-bond donors (Lipinski definition) is 1. The largest absolute Gasteiger partial charge is 0.292 e. The second-order valence-corrected chi connectivity index (χ2v) is 6.13. The average molecular weight is 325 g/mol. The number of nitrogens with one attached hydrogen (secondary N) is 1. The van der Waals surface area contributed by atoms with Crippen LogP contribution in [0.4, 0.5) is 5.69 Å². The van der Waals surface area contributed by atoms with E-state index in [1.165, 1.54) is 29.0 Å². The van der Waals surface area contributed by atoms with Gasteiger partial charge in [-0.2, -0.15) is 0 Å². The highest BCUT2D eigenvalue weighted by molar-refractivity contribution is 7.12. The number of thiazole rings is 1. The van der Waals surface area contributed by atoms with Crippen molar-refractivity contribution in [3.8, 4) is 16.1 Å². The summed E-state index contributed by atoms with van der Waals surface area (Å²) in [7, 11) is 0. The van der Waals surface area contributed by atoms with Gasteiger partial charge >= 0.3 is 0 Å². The van der Waals surface area contributed by atoms with Crippen LogP contribution in [0.15, 0.2) is 54.7 Å². The number of nitro groups is 1. The Hall–Kier alpha value is -2.73. The van der Waals surface area contributed by atoms with E-state index in [1.54, 1.807) is 16.7 Å². The van der Waals surface area contributed by atoms with Gasteiger partial charge in [-0.25, -0.2) is 0 Å². The van der Waals surface area contributed by atoms with Crippen molar-refractivity contribution in [3.05, 3.63) is 75.2 Å². The van der Waals surface area contributed by atoms with Crippen molar-refractivity contribution in [2.24, 2.45) is 0 Å². The van der Waals surface area contributed by atoms with Gasteiger partial charge in [0.25, 0.3) is 5.69 Å². The molecular weight excluding hydrogens is 310 g/mol. The van der Waals surface area contributed by atoms with Gasteiger partial charge < -0.3 is 0 Å². The summed E-state index contributed by atoms with van der Waals surface area (Å²) in [5.74, 6) is 0. The molecule has 1 heterocycles. The van der Waals surface area contributed by atoms with Gasteiger partial charge in [0.15, 0.2) is 4.80 Å². The van der Waals surface area contributed by atoms with Gasteiger partial charge in [-0.3, -0.25) is 20.1 Å². The van der Waals surface area contributed by atoms with Gasteiger partial charge in [0.05, 0.1) is 9.80 Å². The zero-order chi connectivity index (χ0) is 16.4. The van der Waals surface area contributed by atoms with Crippen LogP contribution in [0.25, 0.3) is 16.1 Å². The first-order chi connectivity index (χ1) is 11.1. The van der Waals surface area contributed by atoms with Crippen molar-refractivity contribution in [1.82, 2.24) is 4.57 Å². The molecule has 0 saturated heterocycles. The predicted octanol–water partition coefficient (Wildman–Crippen LogP) is 4.16. The van der Waals surface area contributed by atoms with Crippen LogP contribution >= 0.6 is 11.3 Å². The zero-order valence-corrected chi connectivity index (χ0v) is 13.3. The summed E-state index contributed by atoms with van der Waals surface area (Å²) in [5, 5.41) is 18.9. The molecular formula is C17H15N3O2S. The fourth-order valence-corrected chi connectivity index (χ4v) is 3.20. The molecule has 0 saturated carbocycles. The second kappa shape index (κ2) is 6.18. The lowest BCUT2D eigenvalue weighted by molar-refractivity contribution is -0.384. The van der Waals surface area contributed by atoms with Crippen LogP contribution in [-0.4, -0.2) is 9.49 Å². The topological polar surface area (TPSA) is 71.9 Å². The Balaban J connectivity index is 1.97. The first-order valence-electron chi connectivity index (χ1n) is 7.19. The highest BCUT2D eigenvalue weighted by Gasteiger charge is 2.09. The lowest BCUT2D eigenvalue weighted by Crippen LogP contribution is -2.09. The molecule has 1 N–H and O–H groups in total. The molecule has 1 aromatic heterocycles. The fourth-order valence-electron chi connectivity index (χ4n) is 2.32. The third-order valence-electron chi connectivity index (χ3n) is 3.66. The van der Waals surface area contributed by atoms with E-state index in [2.05, 4.69) is 31.2 Å². The van der Waals surface area contributed by atoms with Gasteiger partial charge in [0.2, 0.25) is 0 Å². The number of nitrogens with zero attached hydrogens (tertiary/aromatic N) is 2. The molecule has 0 amide bonds. The summed E-state index contributed by atoms with van der Waals surface area (Å²) in [5.41, 5.74) is 3.14. The van der Waals surface area contributed by atoms with Crippen molar-refractivity contribution in [2.75, 3.05) is 0 Å². The molecule has 0 aliphatic rings. The number of aryl methyl sites for hydroxylation is 1. The van der Waals surface area contributed by atoms with E-state index in [9.17, 15) is 10.1 Å². The highest BCUT2D eigenvalue weighted by atomic mass is 32.1. The average Bonchev–Trinajstić information content (AvgIpc) is 2.97. The number of benzene rings is 2. The summed E-state index contributed by atoms with van der Waals surface area (Å²) in [6.07, 6.45) is 2.90. The Labute approximate surface area is 137 Å². The van der Waals surface area contributed by atoms with Crippen LogP contribution in [-0.2, 0) is 6.42 Å². The van der Waals surface area contributed by atoms with Crippen molar-refractivity contribution in [2.45, 2.75) is 13.3 Å². The van der Waals surface area contributed by atoms with E-state index in [4.69, 9.17) is 5.41 Å². The summed E-state index contributed by atoms with van der Waals surface area (Å²) in [4.78, 5) is 11.7. The molecule has 0 atom stereocenters. The molecule has 23 heavy (non-hydrogen) atoms. The van der Waals surface area contributed by atoms with E-state index in [1.807, 2.05) is 6.20 Å². The smallest absolute Gasteiger partial charge is 0.269 e.